The summed E-state index contributed by atoms with van der Waals surface area (Å²) in [5.74, 6) is 1.15. The maximum Gasteiger partial charge on any atom is 0.266 e. The Morgan fingerprint density at radius 3 is 2.62 bits per heavy atom. The number of hydrogen-bond donors (Lipinski definition) is 0. The Hall–Kier alpha value is -2.28. The van der Waals surface area contributed by atoms with Gasteiger partial charge in [0.25, 0.3) is 5.91 Å². The molecule has 0 N–H and O–H groups in total. The van der Waals surface area contributed by atoms with Crippen molar-refractivity contribution < 1.29 is 14.3 Å². The number of thiocarbonyl (C=S) groups is 1. The second-order valence-electron chi connectivity index (χ2n) is 6.14. The first-order chi connectivity index (χ1) is 14.0. The molecule has 0 unspecified atom stereocenters. The quantitative estimate of drug-likeness (QED) is 0.296. The van der Waals surface area contributed by atoms with Crippen LogP contribution in [0.2, 0.25) is 5.02 Å². The Bertz CT molecular complexity index is 957. The first-order valence-electron chi connectivity index (χ1n) is 9.02. The van der Waals surface area contributed by atoms with E-state index in [4.69, 9.17) is 33.3 Å². The number of rotatable bonds is 8. The van der Waals surface area contributed by atoms with Crippen molar-refractivity contribution >= 4 is 51.9 Å². The average molecular weight is 446 g/mol. The standard InChI is InChI=1S/C22H20ClNO3S2/c1-3-11-24-21(25)20(29-22(24)28)13-16-7-10-18(19(12-16)26-4-2)27-14-15-5-8-17(23)9-6-15/h3,5-10,12-13H,1,4,11,14H2,2H3. The van der Waals surface area contributed by atoms with E-state index in [0.717, 1.165) is 11.1 Å². The van der Waals surface area contributed by atoms with E-state index < -0.39 is 0 Å². The van der Waals surface area contributed by atoms with Gasteiger partial charge in [-0.25, -0.2) is 0 Å². The SMILES string of the molecule is C=CCN1C(=O)C(=Cc2ccc(OCc3ccc(Cl)cc3)c(OCC)c2)SC1=S. The lowest BCUT2D eigenvalue weighted by atomic mass is 10.1. The molecule has 0 bridgehead atoms. The molecule has 1 aliphatic rings. The van der Waals surface area contributed by atoms with Gasteiger partial charge in [-0.15, -0.1) is 6.58 Å². The van der Waals surface area contributed by atoms with Crippen molar-refractivity contribution in [1.29, 1.82) is 0 Å². The number of amides is 1. The fourth-order valence-corrected chi connectivity index (χ4v) is 4.08. The molecule has 7 heteroatoms. The van der Waals surface area contributed by atoms with Crippen LogP contribution in [0.25, 0.3) is 6.08 Å². The third kappa shape index (κ3) is 5.41. The number of carbonyl (C=O) groups is 1. The normalized spacial score (nSPS) is 15.1. The smallest absolute Gasteiger partial charge is 0.266 e. The number of ether oxygens (including phenoxy) is 2. The van der Waals surface area contributed by atoms with E-state index in [2.05, 4.69) is 6.58 Å². The van der Waals surface area contributed by atoms with Crippen LogP contribution in [0.5, 0.6) is 11.5 Å². The Morgan fingerprint density at radius 2 is 1.93 bits per heavy atom. The van der Waals surface area contributed by atoms with E-state index in [9.17, 15) is 4.79 Å². The van der Waals surface area contributed by atoms with Gasteiger partial charge in [0.2, 0.25) is 0 Å². The number of benzene rings is 2. The minimum Gasteiger partial charge on any atom is -0.490 e. The molecule has 1 saturated heterocycles. The summed E-state index contributed by atoms with van der Waals surface area (Å²) in [4.78, 5) is 14.6. The van der Waals surface area contributed by atoms with Crippen molar-refractivity contribution in [3.05, 3.63) is 76.2 Å². The highest BCUT2D eigenvalue weighted by Gasteiger charge is 2.31. The molecule has 1 fully saturated rings. The highest BCUT2D eigenvalue weighted by atomic mass is 35.5. The monoisotopic (exact) mass is 445 g/mol. The van der Waals surface area contributed by atoms with Crippen molar-refractivity contribution in [3.63, 3.8) is 0 Å². The topological polar surface area (TPSA) is 38.8 Å². The average Bonchev–Trinajstić information content (AvgIpc) is 2.97. The Balaban J connectivity index is 1.78. The number of nitrogens with zero attached hydrogens (tertiary/aromatic N) is 1. The fourth-order valence-electron chi connectivity index (χ4n) is 2.68. The van der Waals surface area contributed by atoms with Crippen molar-refractivity contribution in [3.8, 4) is 11.5 Å². The first kappa shape index (κ1) is 21.4. The van der Waals surface area contributed by atoms with Crippen molar-refractivity contribution in [2.45, 2.75) is 13.5 Å². The van der Waals surface area contributed by atoms with E-state index >= 15 is 0 Å². The summed E-state index contributed by atoms with van der Waals surface area (Å²) in [6, 6.07) is 13.1. The highest BCUT2D eigenvalue weighted by molar-refractivity contribution is 8.26. The molecule has 1 aliphatic heterocycles. The van der Waals surface area contributed by atoms with Gasteiger partial charge in [0, 0.05) is 11.6 Å². The van der Waals surface area contributed by atoms with Crippen molar-refractivity contribution in [1.82, 2.24) is 4.90 Å². The predicted molar refractivity (Wildman–Crippen MR) is 123 cm³/mol. The van der Waals surface area contributed by atoms with E-state index in [0.29, 0.717) is 45.5 Å². The molecule has 3 rings (SSSR count). The lowest BCUT2D eigenvalue weighted by Gasteiger charge is -2.13. The third-order valence-electron chi connectivity index (χ3n) is 4.06. The summed E-state index contributed by atoms with van der Waals surface area (Å²) in [6.45, 7) is 6.89. The molecule has 2 aromatic rings. The zero-order chi connectivity index (χ0) is 20.8. The summed E-state index contributed by atoms with van der Waals surface area (Å²) in [6.07, 6.45) is 3.47. The zero-order valence-corrected chi connectivity index (χ0v) is 18.3. The molecule has 0 aliphatic carbocycles. The van der Waals surface area contributed by atoms with Gasteiger partial charge < -0.3 is 9.47 Å². The largest absolute Gasteiger partial charge is 0.490 e. The zero-order valence-electron chi connectivity index (χ0n) is 15.9. The maximum atomic E-state index is 12.5. The summed E-state index contributed by atoms with van der Waals surface area (Å²) < 4.78 is 12.2. The van der Waals surface area contributed by atoms with Crippen molar-refractivity contribution in [2.75, 3.05) is 13.2 Å². The van der Waals surface area contributed by atoms with E-state index in [1.165, 1.54) is 16.7 Å². The molecule has 4 nitrogen and oxygen atoms in total. The molecular weight excluding hydrogens is 426 g/mol. The van der Waals surface area contributed by atoms with Crippen molar-refractivity contribution in [2.24, 2.45) is 0 Å². The molecule has 2 aromatic carbocycles. The molecule has 150 valence electrons. The second kappa shape index (κ2) is 9.96. The molecule has 0 aromatic heterocycles. The number of carbonyl (C=O) groups excluding carboxylic acids is 1. The third-order valence-corrected chi connectivity index (χ3v) is 5.69. The van der Waals surface area contributed by atoms with Gasteiger partial charge >= 0.3 is 0 Å². The molecule has 0 spiro atoms. The molecule has 0 saturated carbocycles. The van der Waals surface area contributed by atoms with Crippen LogP contribution >= 0.6 is 35.6 Å². The maximum absolute atomic E-state index is 12.5. The van der Waals surface area contributed by atoms with Gasteiger partial charge in [-0.05, 0) is 48.4 Å². The van der Waals surface area contributed by atoms with Crippen LogP contribution in [-0.2, 0) is 11.4 Å². The minimum atomic E-state index is -0.110. The van der Waals surface area contributed by atoms with Gasteiger partial charge in [0.05, 0.1) is 11.5 Å². The van der Waals surface area contributed by atoms with Crippen LogP contribution in [0, 0.1) is 0 Å². The number of halogens is 1. The Labute approximate surface area is 185 Å². The lowest BCUT2D eigenvalue weighted by Crippen LogP contribution is -2.27. The predicted octanol–water partition coefficient (Wildman–Crippen LogP) is 5.70. The van der Waals surface area contributed by atoms with Crippen LogP contribution in [0.15, 0.2) is 60.0 Å². The van der Waals surface area contributed by atoms with Crippen LogP contribution in [0.3, 0.4) is 0 Å². The molecule has 0 radical (unpaired) electrons. The van der Waals surface area contributed by atoms with Crippen LogP contribution in [0.4, 0.5) is 0 Å². The first-order valence-corrected chi connectivity index (χ1v) is 10.6. The van der Waals surface area contributed by atoms with Gasteiger partial charge in [-0.1, -0.05) is 59.9 Å². The molecular formula is C22H20ClNO3S2. The minimum absolute atomic E-state index is 0.110. The Kier molecular flexibility index (Phi) is 7.36. The highest BCUT2D eigenvalue weighted by Crippen LogP contribution is 2.35. The molecule has 1 amide bonds. The Morgan fingerprint density at radius 1 is 1.17 bits per heavy atom. The summed E-state index contributed by atoms with van der Waals surface area (Å²) in [7, 11) is 0. The fraction of sp³-hybridized carbons (Fsp3) is 0.182. The number of hydrogen-bond acceptors (Lipinski definition) is 5. The second-order valence-corrected chi connectivity index (χ2v) is 8.25. The van der Waals surface area contributed by atoms with E-state index in [-0.39, 0.29) is 5.91 Å². The van der Waals surface area contributed by atoms with E-state index in [1.807, 2.05) is 55.5 Å². The van der Waals surface area contributed by atoms with Crippen LogP contribution in [-0.4, -0.2) is 28.3 Å². The van der Waals surface area contributed by atoms with Crippen LogP contribution in [0.1, 0.15) is 18.1 Å². The number of thioether (sulfide) groups is 1. The van der Waals surface area contributed by atoms with Gasteiger partial charge in [0.1, 0.15) is 10.9 Å². The summed E-state index contributed by atoms with van der Waals surface area (Å²) in [5.41, 5.74) is 1.85. The van der Waals surface area contributed by atoms with Gasteiger partial charge in [-0.2, -0.15) is 0 Å². The molecule has 0 atom stereocenters. The molecule has 29 heavy (non-hydrogen) atoms. The van der Waals surface area contributed by atoms with Gasteiger partial charge in [0.15, 0.2) is 11.5 Å². The summed E-state index contributed by atoms with van der Waals surface area (Å²) in [5, 5.41) is 0.687. The lowest BCUT2D eigenvalue weighted by molar-refractivity contribution is -0.121. The van der Waals surface area contributed by atoms with Gasteiger partial charge in [-0.3, -0.25) is 9.69 Å². The van der Waals surface area contributed by atoms with Crippen LogP contribution < -0.4 is 9.47 Å². The van der Waals surface area contributed by atoms with E-state index in [1.54, 1.807) is 6.08 Å². The summed E-state index contributed by atoms with van der Waals surface area (Å²) >= 11 is 12.5. The molecule has 1 heterocycles.